The van der Waals surface area contributed by atoms with Crippen LogP contribution in [0.15, 0.2) is 59.5 Å². The van der Waals surface area contributed by atoms with Crippen LogP contribution < -0.4 is 15.6 Å². The lowest BCUT2D eigenvalue weighted by atomic mass is 9.96. The number of benzene rings is 2. The smallest absolute Gasteiger partial charge is 0.258 e. The predicted octanol–water partition coefficient (Wildman–Crippen LogP) is 4.63. The highest BCUT2D eigenvalue weighted by atomic mass is 16.5. The van der Waals surface area contributed by atoms with Gasteiger partial charge in [0.25, 0.3) is 5.56 Å². The van der Waals surface area contributed by atoms with Gasteiger partial charge in [0.05, 0.1) is 13.0 Å². The summed E-state index contributed by atoms with van der Waals surface area (Å²) in [5.74, 6) is 0.566. The molecular weight excluding hydrogens is 364 g/mol. The van der Waals surface area contributed by atoms with Gasteiger partial charge in [0.1, 0.15) is 5.75 Å². The number of pyridine rings is 1. The van der Waals surface area contributed by atoms with Crippen LogP contribution >= 0.6 is 0 Å². The number of hydrogen-bond acceptors (Lipinski definition) is 3. The highest BCUT2D eigenvalue weighted by Gasteiger charge is 2.15. The molecule has 0 aliphatic rings. The van der Waals surface area contributed by atoms with Crippen molar-refractivity contribution in [1.82, 2.24) is 4.57 Å². The molecule has 1 heterocycles. The van der Waals surface area contributed by atoms with Crippen LogP contribution in [0.3, 0.4) is 0 Å². The van der Waals surface area contributed by atoms with Crippen LogP contribution in [0.25, 0.3) is 10.8 Å². The molecule has 0 saturated heterocycles. The van der Waals surface area contributed by atoms with Crippen LogP contribution in [0.2, 0.25) is 0 Å². The lowest BCUT2D eigenvalue weighted by Gasteiger charge is -2.20. The second-order valence-corrected chi connectivity index (χ2v) is 8.34. The molecule has 0 radical (unpaired) electrons. The van der Waals surface area contributed by atoms with E-state index in [1.807, 2.05) is 43.3 Å². The van der Waals surface area contributed by atoms with E-state index in [0.29, 0.717) is 30.0 Å². The summed E-state index contributed by atoms with van der Waals surface area (Å²) in [5, 5.41) is 4.30. The molecule has 0 aliphatic heterocycles. The standard InChI is InChI=1S/C24H28N2O3/c1-5-29-21-12-7-6-9-17(21)15-22(27)25-20-11-8-10-19-18(20)13-14-26(23(19)28)16-24(2,3)4/h6-14H,5,15-16H2,1-4H3,(H,25,27). The normalized spacial score (nSPS) is 11.4. The third-order valence-electron chi connectivity index (χ3n) is 4.56. The van der Waals surface area contributed by atoms with Crippen molar-refractivity contribution in [3.8, 4) is 5.75 Å². The molecule has 0 spiro atoms. The van der Waals surface area contributed by atoms with Gasteiger partial charge in [0.15, 0.2) is 0 Å². The molecule has 5 heteroatoms. The zero-order valence-corrected chi connectivity index (χ0v) is 17.5. The first-order valence-corrected chi connectivity index (χ1v) is 9.91. The number of amides is 1. The number of nitrogens with zero attached hydrogens (tertiary/aromatic N) is 1. The van der Waals surface area contributed by atoms with Crippen molar-refractivity contribution in [2.75, 3.05) is 11.9 Å². The van der Waals surface area contributed by atoms with E-state index in [1.165, 1.54) is 0 Å². The van der Waals surface area contributed by atoms with Crippen molar-refractivity contribution in [1.29, 1.82) is 0 Å². The first-order valence-electron chi connectivity index (χ1n) is 9.91. The molecule has 2 aromatic carbocycles. The number of aromatic nitrogens is 1. The number of fused-ring (bicyclic) bond motifs is 1. The molecule has 1 N–H and O–H groups in total. The summed E-state index contributed by atoms with van der Waals surface area (Å²) in [6, 6.07) is 14.8. The second-order valence-electron chi connectivity index (χ2n) is 8.34. The first-order chi connectivity index (χ1) is 13.8. The van der Waals surface area contributed by atoms with E-state index in [9.17, 15) is 9.59 Å². The second kappa shape index (κ2) is 8.52. The molecule has 3 rings (SSSR count). The van der Waals surface area contributed by atoms with Crippen LogP contribution in [-0.4, -0.2) is 17.1 Å². The Bertz CT molecular complexity index is 1080. The summed E-state index contributed by atoms with van der Waals surface area (Å²) in [6.45, 7) is 9.38. The molecule has 152 valence electrons. The number of carbonyl (C=O) groups is 1. The van der Waals surface area contributed by atoms with Crippen molar-refractivity contribution in [3.05, 3.63) is 70.6 Å². The van der Waals surface area contributed by atoms with Crippen LogP contribution in [0, 0.1) is 5.41 Å². The largest absolute Gasteiger partial charge is 0.494 e. The highest BCUT2D eigenvalue weighted by Crippen LogP contribution is 2.24. The number of anilines is 1. The third kappa shape index (κ3) is 5.05. The van der Waals surface area contributed by atoms with Gasteiger partial charge in [-0.1, -0.05) is 45.0 Å². The SMILES string of the molecule is CCOc1ccccc1CC(=O)Nc1cccc2c(=O)n(CC(C)(C)C)ccc12. The number of ether oxygens (including phenoxy) is 1. The molecule has 29 heavy (non-hydrogen) atoms. The van der Waals surface area contributed by atoms with Gasteiger partial charge in [0.2, 0.25) is 5.91 Å². The van der Waals surface area contributed by atoms with Gasteiger partial charge in [-0.2, -0.15) is 0 Å². The summed E-state index contributed by atoms with van der Waals surface area (Å²) in [4.78, 5) is 25.6. The average Bonchev–Trinajstić information content (AvgIpc) is 2.65. The van der Waals surface area contributed by atoms with E-state index in [-0.39, 0.29) is 23.3 Å². The zero-order valence-electron chi connectivity index (χ0n) is 17.5. The zero-order chi connectivity index (χ0) is 21.0. The van der Waals surface area contributed by atoms with Gasteiger partial charge in [-0.25, -0.2) is 0 Å². The Morgan fingerprint density at radius 1 is 1.03 bits per heavy atom. The first kappa shape index (κ1) is 20.6. The van der Waals surface area contributed by atoms with Crippen molar-refractivity contribution in [2.45, 2.75) is 40.7 Å². The van der Waals surface area contributed by atoms with Crippen LogP contribution in [0.5, 0.6) is 5.75 Å². The molecule has 3 aromatic rings. The van der Waals surface area contributed by atoms with E-state index < -0.39 is 0 Å². The Hall–Kier alpha value is -3.08. The summed E-state index contributed by atoms with van der Waals surface area (Å²) in [5.41, 5.74) is 1.42. The fourth-order valence-corrected chi connectivity index (χ4v) is 3.38. The number of hydrogen-bond donors (Lipinski definition) is 1. The predicted molar refractivity (Wildman–Crippen MR) is 118 cm³/mol. The van der Waals surface area contributed by atoms with E-state index >= 15 is 0 Å². The molecule has 0 unspecified atom stereocenters. The quantitative estimate of drug-likeness (QED) is 0.665. The van der Waals surface area contributed by atoms with Gasteiger partial charge in [0, 0.05) is 34.8 Å². The molecule has 0 bridgehead atoms. The molecule has 0 saturated carbocycles. The van der Waals surface area contributed by atoms with Gasteiger partial charge >= 0.3 is 0 Å². The van der Waals surface area contributed by atoms with Gasteiger partial charge in [-0.05, 0) is 36.6 Å². The fraction of sp³-hybridized carbons (Fsp3) is 0.333. The molecular formula is C24H28N2O3. The summed E-state index contributed by atoms with van der Waals surface area (Å²) in [6.07, 6.45) is 2.00. The van der Waals surface area contributed by atoms with Crippen molar-refractivity contribution < 1.29 is 9.53 Å². The van der Waals surface area contributed by atoms with Crippen molar-refractivity contribution in [3.63, 3.8) is 0 Å². The maximum Gasteiger partial charge on any atom is 0.258 e. The fourth-order valence-electron chi connectivity index (χ4n) is 3.38. The minimum Gasteiger partial charge on any atom is -0.494 e. The Morgan fingerprint density at radius 3 is 2.52 bits per heavy atom. The monoisotopic (exact) mass is 392 g/mol. The molecule has 1 amide bonds. The van der Waals surface area contributed by atoms with Crippen molar-refractivity contribution >= 4 is 22.4 Å². The molecule has 0 fully saturated rings. The van der Waals surface area contributed by atoms with Gasteiger partial charge in [-0.3, -0.25) is 9.59 Å². The van der Waals surface area contributed by atoms with Crippen LogP contribution in [0.1, 0.15) is 33.3 Å². The Balaban J connectivity index is 1.86. The number of para-hydroxylation sites is 1. The van der Waals surface area contributed by atoms with Crippen LogP contribution in [0.4, 0.5) is 5.69 Å². The Morgan fingerprint density at radius 2 is 1.79 bits per heavy atom. The maximum atomic E-state index is 12.9. The van der Waals surface area contributed by atoms with E-state index in [4.69, 9.17) is 4.74 Å². The number of nitrogens with one attached hydrogen (secondary N) is 1. The van der Waals surface area contributed by atoms with Crippen molar-refractivity contribution in [2.24, 2.45) is 5.41 Å². The number of rotatable bonds is 6. The van der Waals surface area contributed by atoms with E-state index in [0.717, 1.165) is 10.9 Å². The maximum absolute atomic E-state index is 12.9. The molecule has 5 nitrogen and oxygen atoms in total. The lowest BCUT2D eigenvalue weighted by molar-refractivity contribution is -0.115. The van der Waals surface area contributed by atoms with Gasteiger partial charge < -0.3 is 14.6 Å². The topological polar surface area (TPSA) is 60.3 Å². The summed E-state index contributed by atoms with van der Waals surface area (Å²) < 4.78 is 7.33. The molecule has 0 atom stereocenters. The van der Waals surface area contributed by atoms with E-state index in [2.05, 4.69) is 26.1 Å². The van der Waals surface area contributed by atoms with Crippen LogP contribution in [-0.2, 0) is 17.8 Å². The van der Waals surface area contributed by atoms with E-state index in [1.54, 1.807) is 22.9 Å². The summed E-state index contributed by atoms with van der Waals surface area (Å²) in [7, 11) is 0. The highest BCUT2D eigenvalue weighted by molar-refractivity contribution is 6.02. The molecule has 0 aliphatic carbocycles. The third-order valence-corrected chi connectivity index (χ3v) is 4.56. The average molecular weight is 392 g/mol. The Kier molecular flexibility index (Phi) is 6.06. The minimum absolute atomic E-state index is 0.00270. The minimum atomic E-state index is -0.150. The van der Waals surface area contributed by atoms with Gasteiger partial charge in [-0.15, -0.1) is 0 Å². The lowest BCUT2D eigenvalue weighted by Crippen LogP contribution is -2.26. The number of carbonyl (C=O) groups excluding carboxylic acids is 1. The molecule has 1 aromatic heterocycles. The summed E-state index contributed by atoms with van der Waals surface area (Å²) >= 11 is 0. The Labute approximate surface area is 171 Å².